The fourth-order valence-corrected chi connectivity index (χ4v) is 2.93. The van der Waals surface area contributed by atoms with E-state index in [0.717, 1.165) is 10.1 Å². The van der Waals surface area contributed by atoms with Crippen LogP contribution in [0, 0.1) is 0 Å². The summed E-state index contributed by atoms with van der Waals surface area (Å²) in [6.07, 6.45) is 0.552. The summed E-state index contributed by atoms with van der Waals surface area (Å²) in [6.45, 7) is 3.38. The Kier molecular flexibility index (Phi) is 4.29. The number of fused-ring (bicyclic) bond motifs is 1. The van der Waals surface area contributed by atoms with Gasteiger partial charge in [0.05, 0.1) is 24.9 Å². The lowest BCUT2D eigenvalue weighted by Crippen LogP contribution is -1.96. The van der Waals surface area contributed by atoms with Gasteiger partial charge in [0.1, 0.15) is 0 Å². The largest absolute Gasteiger partial charge is 0.513 e. The molecule has 0 saturated heterocycles. The van der Waals surface area contributed by atoms with Gasteiger partial charge in [0.2, 0.25) is 0 Å². The zero-order valence-corrected chi connectivity index (χ0v) is 12.3. The Balaban J connectivity index is 2.33. The van der Waals surface area contributed by atoms with E-state index in [1.165, 1.54) is 11.3 Å². The van der Waals surface area contributed by atoms with Crippen LogP contribution in [0.5, 0.6) is 11.5 Å². The lowest BCUT2D eigenvalue weighted by atomic mass is 10.1. The summed E-state index contributed by atoms with van der Waals surface area (Å²) in [5.41, 5.74) is 0. The number of thiophene rings is 1. The molecule has 106 valence electrons. The minimum atomic E-state index is -0.000617. The molecule has 0 amide bonds. The summed E-state index contributed by atoms with van der Waals surface area (Å²) >= 11 is 1.41. The van der Waals surface area contributed by atoms with Crippen LogP contribution in [0.2, 0.25) is 0 Å². The highest BCUT2D eigenvalue weighted by Crippen LogP contribution is 2.36. The summed E-state index contributed by atoms with van der Waals surface area (Å²) in [7, 11) is 3.16. The molecule has 0 unspecified atom stereocenters. The zero-order valence-electron chi connectivity index (χ0n) is 11.4. The SMILES string of the molecule is C=C(O)CCC(=O)c1cc2cc(OC)c(OC)cc2s1. The third-order valence-electron chi connectivity index (χ3n) is 2.94. The van der Waals surface area contributed by atoms with E-state index in [4.69, 9.17) is 14.6 Å². The topological polar surface area (TPSA) is 55.8 Å². The summed E-state index contributed by atoms with van der Waals surface area (Å²) in [6, 6.07) is 5.55. The van der Waals surface area contributed by atoms with Gasteiger partial charge in [-0.1, -0.05) is 6.58 Å². The molecule has 0 bridgehead atoms. The molecule has 0 atom stereocenters. The molecule has 0 aliphatic rings. The van der Waals surface area contributed by atoms with E-state index in [9.17, 15) is 4.79 Å². The van der Waals surface area contributed by atoms with Crippen LogP contribution in [0.1, 0.15) is 22.5 Å². The number of carbonyl (C=O) groups is 1. The van der Waals surface area contributed by atoms with Gasteiger partial charge in [0.25, 0.3) is 0 Å². The van der Waals surface area contributed by atoms with E-state index < -0.39 is 0 Å². The highest BCUT2D eigenvalue weighted by Gasteiger charge is 2.13. The number of methoxy groups -OCH3 is 2. The van der Waals surface area contributed by atoms with Gasteiger partial charge in [0, 0.05) is 23.6 Å². The van der Waals surface area contributed by atoms with Gasteiger partial charge in [-0.15, -0.1) is 11.3 Å². The summed E-state index contributed by atoms with van der Waals surface area (Å²) < 4.78 is 11.5. The standard InChI is InChI=1S/C15H16O4S/c1-9(16)4-5-11(17)15-7-10-6-12(18-2)13(19-3)8-14(10)20-15/h6-8,16H,1,4-5H2,2-3H3. The first-order valence-corrected chi connectivity index (χ1v) is 6.92. The van der Waals surface area contributed by atoms with Gasteiger partial charge in [-0.2, -0.15) is 0 Å². The van der Waals surface area contributed by atoms with Crippen LogP contribution in [0.25, 0.3) is 10.1 Å². The second-order valence-corrected chi connectivity index (χ2v) is 5.43. The Morgan fingerprint density at radius 1 is 1.20 bits per heavy atom. The van der Waals surface area contributed by atoms with Crippen molar-refractivity contribution in [1.29, 1.82) is 0 Å². The van der Waals surface area contributed by atoms with E-state index in [1.807, 2.05) is 18.2 Å². The number of rotatable bonds is 6. The van der Waals surface area contributed by atoms with E-state index >= 15 is 0 Å². The van der Waals surface area contributed by atoms with Crippen molar-refractivity contribution in [1.82, 2.24) is 0 Å². The fourth-order valence-electron chi connectivity index (χ4n) is 1.88. The molecule has 2 aromatic rings. The Morgan fingerprint density at radius 2 is 1.85 bits per heavy atom. The Morgan fingerprint density at radius 3 is 2.45 bits per heavy atom. The van der Waals surface area contributed by atoms with Crippen LogP contribution >= 0.6 is 11.3 Å². The lowest BCUT2D eigenvalue weighted by Gasteiger charge is -2.06. The molecule has 5 heteroatoms. The number of hydrogen-bond acceptors (Lipinski definition) is 5. The third-order valence-corrected chi connectivity index (χ3v) is 4.08. The normalized spacial score (nSPS) is 10.5. The first kappa shape index (κ1) is 14.4. The number of aliphatic hydroxyl groups is 1. The van der Waals surface area contributed by atoms with E-state index in [0.29, 0.717) is 22.8 Å². The van der Waals surface area contributed by atoms with Crippen LogP contribution in [0.3, 0.4) is 0 Å². The number of aliphatic hydroxyl groups excluding tert-OH is 1. The molecular weight excluding hydrogens is 276 g/mol. The predicted octanol–water partition coefficient (Wildman–Crippen LogP) is 3.95. The molecule has 0 aliphatic heterocycles. The monoisotopic (exact) mass is 292 g/mol. The lowest BCUT2D eigenvalue weighted by molar-refractivity contribution is 0.0982. The Hall–Kier alpha value is -2.01. The molecule has 2 rings (SSSR count). The first-order valence-electron chi connectivity index (χ1n) is 6.10. The maximum absolute atomic E-state index is 12.0. The second kappa shape index (κ2) is 5.96. The minimum absolute atomic E-state index is 0.000617. The van der Waals surface area contributed by atoms with Crippen molar-refractivity contribution >= 4 is 27.2 Å². The molecule has 4 nitrogen and oxygen atoms in total. The van der Waals surface area contributed by atoms with Crippen LogP contribution in [-0.4, -0.2) is 25.1 Å². The molecule has 1 aromatic carbocycles. The number of ether oxygens (including phenoxy) is 2. The third kappa shape index (κ3) is 2.93. The highest BCUT2D eigenvalue weighted by atomic mass is 32.1. The van der Waals surface area contributed by atoms with E-state index in [-0.39, 0.29) is 18.0 Å². The molecule has 0 aliphatic carbocycles. The highest BCUT2D eigenvalue weighted by molar-refractivity contribution is 7.20. The number of carbonyl (C=O) groups excluding carboxylic acids is 1. The molecule has 0 saturated carbocycles. The van der Waals surface area contributed by atoms with Crippen molar-refractivity contribution in [2.75, 3.05) is 14.2 Å². The molecule has 0 fully saturated rings. The van der Waals surface area contributed by atoms with Crippen molar-refractivity contribution in [3.8, 4) is 11.5 Å². The number of Topliss-reactive ketones (excluding diaryl/α,β-unsaturated/α-hetero) is 1. The maximum atomic E-state index is 12.0. The number of benzene rings is 1. The first-order chi connectivity index (χ1) is 9.55. The quantitative estimate of drug-likeness (QED) is 0.647. The molecule has 1 heterocycles. The number of hydrogen-bond donors (Lipinski definition) is 1. The fraction of sp³-hybridized carbons (Fsp3) is 0.267. The van der Waals surface area contributed by atoms with Gasteiger partial charge in [-0.3, -0.25) is 4.79 Å². The van der Waals surface area contributed by atoms with Crippen molar-refractivity contribution in [3.05, 3.63) is 35.4 Å². The summed E-state index contributed by atoms with van der Waals surface area (Å²) in [4.78, 5) is 12.7. The number of allylic oxidation sites excluding steroid dienone is 1. The van der Waals surface area contributed by atoms with Crippen LogP contribution in [0.15, 0.2) is 30.5 Å². The van der Waals surface area contributed by atoms with E-state index in [2.05, 4.69) is 6.58 Å². The average molecular weight is 292 g/mol. The zero-order chi connectivity index (χ0) is 14.7. The van der Waals surface area contributed by atoms with Gasteiger partial charge < -0.3 is 14.6 Å². The van der Waals surface area contributed by atoms with Gasteiger partial charge in [0.15, 0.2) is 17.3 Å². The summed E-state index contributed by atoms with van der Waals surface area (Å²) in [5.74, 6) is 1.31. The molecule has 0 radical (unpaired) electrons. The van der Waals surface area contributed by atoms with Crippen molar-refractivity contribution in [3.63, 3.8) is 0 Å². The Labute approximate surface area is 121 Å². The van der Waals surface area contributed by atoms with Crippen LogP contribution in [-0.2, 0) is 0 Å². The van der Waals surface area contributed by atoms with Crippen molar-refractivity contribution < 1.29 is 19.4 Å². The molecule has 1 aromatic heterocycles. The molecule has 20 heavy (non-hydrogen) atoms. The van der Waals surface area contributed by atoms with Crippen LogP contribution < -0.4 is 9.47 Å². The van der Waals surface area contributed by atoms with Gasteiger partial charge in [-0.05, 0) is 17.5 Å². The van der Waals surface area contributed by atoms with Gasteiger partial charge >= 0.3 is 0 Å². The smallest absolute Gasteiger partial charge is 0.173 e. The van der Waals surface area contributed by atoms with Crippen molar-refractivity contribution in [2.24, 2.45) is 0 Å². The van der Waals surface area contributed by atoms with E-state index in [1.54, 1.807) is 14.2 Å². The number of ketones is 1. The maximum Gasteiger partial charge on any atom is 0.173 e. The summed E-state index contributed by atoms with van der Waals surface area (Å²) in [5, 5.41) is 9.99. The van der Waals surface area contributed by atoms with Crippen LogP contribution in [0.4, 0.5) is 0 Å². The molecule has 1 N–H and O–H groups in total. The molecular formula is C15H16O4S. The predicted molar refractivity (Wildman–Crippen MR) is 80.3 cm³/mol. The van der Waals surface area contributed by atoms with Crippen molar-refractivity contribution in [2.45, 2.75) is 12.8 Å². The average Bonchev–Trinajstić information content (AvgIpc) is 2.85. The Bertz CT molecular complexity index is 616. The minimum Gasteiger partial charge on any atom is -0.513 e. The molecule has 0 spiro atoms. The van der Waals surface area contributed by atoms with Gasteiger partial charge in [-0.25, -0.2) is 0 Å². The second-order valence-electron chi connectivity index (χ2n) is 4.35.